The molecule has 7 heteroatoms. The van der Waals surface area contributed by atoms with E-state index >= 15 is 0 Å². The third-order valence-corrected chi connectivity index (χ3v) is 4.29. The Bertz CT molecular complexity index is 733. The highest BCUT2D eigenvalue weighted by Crippen LogP contribution is 2.48. The summed E-state index contributed by atoms with van der Waals surface area (Å²) in [5.74, 6) is 0. The monoisotopic (exact) mass is 333 g/mol. The van der Waals surface area contributed by atoms with E-state index in [4.69, 9.17) is 12.2 Å². The van der Waals surface area contributed by atoms with Gasteiger partial charge in [-0.1, -0.05) is 41.1 Å². The molecule has 5 N–H and O–H groups in total. The number of anilines is 3. The van der Waals surface area contributed by atoms with Gasteiger partial charge in [0.05, 0.1) is 11.4 Å². The Kier molecular flexibility index (Phi) is 4.04. The molecule has 1 aliphatic rings. The highest BCUT2D eigenvalue weighted by atomic mass is 32.3. The van der Waals surface area contributed by atoms with Crippen molar-refractivity contribution in [2.24, 2.45) is 0 Å². The van der Waals surface area contributed by atoms with Crippen LogP contribution >= 0.6 is 23.0 Å². The molecule has 0 bridgehead atoms. The Morgan fingerprint density at radius 3 is 2.55 bits per heavy atom. The molecule has 0 radical (unpaired) electrons. The molecular weight excluding hydrogens is 318 g/mol. The molecule has 0 aliphatic carbocycles. The third-order valence-electron chi connectivity index (χ3n) is 3.07. The van der Waals surface area contributed by atoms with Crippen molar-refractivity contribution in [3.8, 4) is 0 Å². The molecule has 1 aliphatic heterocycles. The van der Waals surface area contributed by atoms with Gasteiger partial charge in [0, 0.05) is 16.7 Å². The van der Waals surface area contributed by atoms with Gasteiger partial charge in [0.1, 0.15) is 0 Å². The van der Waals surface area contributed by atoms with Crippen LogP contribution in [0.15, 0.2) is 53.9 Å². The average Bonchev–Trinajstić information content (AvgIpc) is 2.48. The molecule has 0 aromatic heterocycles. The molecule has 3 rings (SSSR count). The normalized spacial score (nSPS) is 16.1. The summed E-state index contributed by atoms with van der Waals surface area (Å²) in [5.41, 5.74) is 3.03. The van der Waals surface area contributed by atoms with Gasteiger partial charge in [-0.25, -0.2) is 0 Å². The summed E-state index contributed by atoms with van der Waals surface area (Å²) in [6, 6.07) is 15.1. The summed E-state index contributed by atoms with van der Waals surface area (Å²) < 4.78 is 22.3. The van der Waals surface area contributed by atoms with Crippen LogP contribution in [0.4, 0.5) is 17.1 Å². The van der Waals surface area contributed by atoms with Gasteiger partial charge >= 0.3 is 0 Å². The van der Waals surface area contributed by atoms with E-state index in [-0.39, 0.29) is 0 Å². The zero-order valence-corrected chi connectivity index (χ0v) is 13.1. The van der Waals surface area contributed by atoms with Crippen molar-refractivity contribution in [1.82, 2.24) is 0 Å². The summed E-state index contributed by atoms with van der Waals surface area (Å²) >= 11 is 5.29. The zero-order valence-electron chi connectivity index (χ0n) is 11.5. The molecule has 0 amide bonds. The van der Waals surface area contributed by atoms with Gasteiger partial charge in [-0.2, -0.15) is 0 Å². The van der Waals surface area contributed by atoms with Crippen molar-refractivity contribution in [2.45, 2.75) is 0 Å². The lowest BCUT2D eigenvalue weighted by Gasteiger charge is -2.34. The second kappa shape index (κ2) is 5.98. The van der Waals surface area contributed by atoms with Crippen molar-refractivity contribution in [1.29, 1.82) is 0 Å². The maximum atomic E-state index is 9.78. The smallest absolute Gasteiger partial charge is 0.175 e. The lowest BCUT2D eigenvalue weighted by Crippen LogP contribution is -2.21. The summed E-state index contributed by atoms with van der Waals surface area (Å²) in [4.78, 5) is 0. The number of nitrogens with one attached hydrogen (secondary N) is 3. The molecule has 0 atom stereocenters. The van der Waals surface area contributed by atoms with Crippen molar-refractivity contribution in [2.75, 3.05) is 15.4 Å². The van der Waals surface area contributed by atoms with E-state index in [2.05, 4.69) is 15.4 Å². The first-order chi connectivity index (χ1) is 10.5. The molecule has 2 aromatic carbocycles. The maximum Gasteiger partial charge on any atom is 0.175 e. The number of benzene rings is 2. The Labute approximate surface area is 135 Å². The van der Waals surface area contributed by atoms with Crippen molar-refractivity contribution in [3.63, 3.8) is 0 Å². The second-order valence-electron chi connectivity index (χ2n) is 4.71. The van der Waals surface area contributed by atoms with E-state index in [0.717, 1.165) is 11.3 Å². The van der Waals surface area contributed by atoms with Crippen LogP contribution in [-0.2, 0) is 0 Å². The van der Waals surface area contributed by atoms with Gasteiger partial charge in [0.15, 0.2) is 5.11 Å². The number of fused-ring (bicyclic) bond motifs is 1. The first-order valence-corrected chi connectivity index (χ1v) is 8.55. The van der Waals surface area contributed by atoms with Crippen LogP contribution in [0, 0.1) is 0 Å². The van der Waals surface area contributed by atoms with Crippen molar-refractivity contribution < 1.29 is 9.11 Å². The van der Waals surface area contributed by atoms with E-state index in [1.54, 1.807) is 6.08 Å². The minimum Gasteiger partial charge on any atom is -0.332 e. The fourth-order valence-electron chi connectivity index (χ4n) is 2.09. The van der Waals surface area contributed by atoms with Gasteiger partial charge in [-0.05, 0) is 36.5 Å². The first kappa shape index (κ1) is 14.9. The summed E-state index contributed by atoms with van der Waals surface area (Å²) in [6.07, 6.45) is 1.68. The molecule has 5 nitrogen and oxygen atoms in total. The molecule has 1 heterocycles. The topological polar surface area (TPSA) is 76.5 Å². The van der Waals surface area contributed by atoms with Gasteiger partial charge < -0.3 is 10.6 Å². The Balaban J connectivity index is 1.79. The predicted molar refractivity (Wildman–Crippen MR) is 98.2 cm³/mol. The van der Waals surface area contributed by atoms with E-state index < -0.39 is 10.8 Å². The Morgan fingerprint density at radius 2 is 1.77 bits per heavy atom. The van der Waals surface area contributed by atoms with Gasteiger partial charge in [-0.15, -0.1) is 0 Å². The van der Waals surface area contributed by atoms with Crippen LogP contribution in [0.2, 0.25) is 0 Å². The third kappa shape index (κ3) is 3.40. The molecule has 0 unspecified atom stereocenters. The summed E-state index contributed by atoms with van der Waals surface area (Å²) in [5, 5.41) is 7.93. The maximum absolute atomic E-state index is 9.78. The second-order valence-corrected chi connectivity index (χ2v) is 6.78. The van der Waals surface area contributed by atoms with E-state index in [1.807, 2.05) is 48.5 Å². The van der Waals surface area contributed by atoms with Crippen LogP contribution in [-0.4, -0.2) is 14.2 Å². The van der Waals surface area contributed by atoms with Gasteiger partial charge in [0.2, 0.25) is 0 Å². The highest BCUT2D eigenvalue weighted by molar-refractivity contribution is 8.28. The molecule has 22 heavy (non-hydrogen) atoms. The van der Waals surface area contributed by atoms with Crippen molar-refractivity contribution in [3.05, 3.63) is 59.5 Å². The zero-order chi connectivity index (χ0) is 15.6. The van der Waals surface area contributed by atoms with Crippen molar-refractivity contribution >= 4 is 51.2 Å². The number of thiocarbonyl (C=S) groups is 1. The molecule has 0 saturated heterocycles. The van der Waals surface area contributed by atoms with Gasteiger partial charge in [0.25, 0.3) is 0 Å². The first-order valence-electron chi connectivity index (χ1n) is 6.54. The van der Waals surface area contributed by atoms with Gasteiger partial charge in [-0.3, -0.25) is 13.8 Å². The summed E-state index contributed by atoms with van der Waals surface area (Å²) in [7, 11) is -2.95. The predicted octanol–water partition coefficient (Wildman–Crippen LogP) is 4.56. The SMILES string of the molecule is OS1(O)C=Cc2cccc(NC(=S)Nc3ccccc3)c2N1. The summed E-state index contributed by atoms with van der Waals surface area (Å²) in [6.45, 7) is 0. The molecule has 2 aromatic rings. The molecule has 0 spiro atoms. The van der Waals surface area contributed by atoms with Crippen LogP contribution in [0.25, 0.3) is 6.08 Å². The van der Waals surface area contributed by atoms with E-state index in [0.29, 0.717) is 16.5 Å². The Hall–Kier alpha value is -2.06. The minimum atomic E-state index is -2.95. The van der Waals surface area contributed by atoms with Crippen LogP contribution < -0.4 is 15.4 Å². The van der Waals surface area contributed by atoms with Crippen LogP contribution in [0.5, 0.6) is 0 Å². The average molecular weight is 333 g/mol. The number of hydrogen-bond donors (Lipinski definition) is 5. The van der Waals surface area contributed by atoms with Crippen LogP contribution in [0.3, 0.4) is 0 Å². The highest BCUT2D eigenvalue weighted by Gasteiger charge is 2.18. The molecule has 114 valence electrons. The Morgan fingerprint density at radius 1 is 1.00 bits per heavy atom. The van der Waals surface area contributed by atoms with E-state index in [9.17, 15) is 9.11 Å². The number of hydrogen-bond acceptors (Lipinski definition) is 4. The molecule has 0 saturated carbocycles. The number of para-hydroxylation sites is 2. The minimum absolute atomic E-state index is 0.424. The largest absolute Gasteiger partial charge is 0.332 e. The van der Waals surface area contributed by atoms with E-state index in [1.165, 1.54) is 5.41 Å². The fraction of sp³-hybridized carbons (Fsp3) is 0. The quantitative estimate of drug-likeness (QED) is 0.519. The van der Waals surface area contributed by atoms with Crippen LogP contribution in [0.1, 0.15) is 5.56 Å². The number of rotatable bonds is 2. The molecular formula is C15H15N3O2S2. The lowest BCUT2D eigenvalue weighted by molar-refractivity contribution is 0.506. The lowest BCUT2D eigenvalue weighted by atomic mass is 10.1. The molecule has 0 fully saturated rings. The standard InChI is InChI=1S/C15H15N3O2S2/c19-22(20)10-9-11-5-4-8-13(14(11)18-22)17-15(21)16-12-6-2-1-3-7-12/h1-10,18-20H,(H2,16,17,21). The fourth-order valence-corrected chi connectivity index (χ4v) is 3.25.